The van der Waals surface area contributed by atoms with Gasteiger partial charge in [-0.15, -0.1) is 0 Å². The number of ether oxygens (including phenoxy) is 1. The van der Waals surface area contributed by atoms with Crippen molar-refractivity contribution in [2.45, 2.75) is 18.9 Å². The first kappa shape index (κ1) is 18.5. The maximum atomic E-state index is 12.1. The molecule has 0 spiro atoms. The predicted octanol–water partition coefficient (Wildman–Crippen LogP) is 2.39. The fourth-order valence-corrected chi connectivity index (χ4v) is 2.71. The van der Waals surface area contributed by atoms with Gasteiger partial charge in [0.15, 0.2) is 0 Å². The SMILES string of the molecule is CN1CCC(NC(=O)Nc2cc(Oc3ccc([N+](=O)[O-])cc3)ncn2)CC1. The minimum atomic E-state index is -0.487. The number of nitrogens with zero attached hydrogens (tertiary/aromatic N) is 4. The number of nitro groups is 1. The number of likely N-dealkylation sites (tertiary alicyclic amines) is 1. The number of nitrogens with one attached hydrogen (secondary N) is 2. The van der Waals surface area contributed by atoms with E-state index in [0.717, 1.165) is 25.9 Å². The molecule has 1 aliphatic heterocycles. The van der Waals surface area contributed by atoms with E-state index in [0.29, 0.717) is 11.6 Å². The van der Waals surface area contributed by atoms with Gasteiger partial charge in [-0.25, -0.2) is 14.8 Å². The van der Waals surface area contributed by atoms with Crippen LogP contribution in [0, 0.1) is 10.1 Å². The second-order valence-electron chi connectivity index (χ2n) is 6.27. The second kappa shape index (κ2) is 8.41. The molecule has 1 aromatic carbocycles. The summed E-state index contributed by atoms with van der Waals surface area (Å²) in [5.41, 5.74) is -0.0297. The van der Waals surface area contributed by atoms with Gasteiger partial charge >= 0.3 is 6.03 Å². The van der Waals surface area contributed by atoms with Gasteiger partial charge in [0.1, 0.15) is 17.9 Å². The van der Waals surface area contributed by atoms with Crippen LogP contribution in [0.1, 0.15) is 12.8 Å². The van der Waals surface area contributed by atoms with Crippen molar-refractivity contribution in [3.8, 4) is 11.6 Å². The average Bonchev–Trinajstić information content (AvgIpc) is 2.64. The number of hydrogen-bond acceptors (Lipinski definition) is 7. The van der Waals surface area contributed by atoms with Crippen molar-refractivity contribution in [2.75, 3.05) is 25.5 Å². The minimum absolute atomic E-state index is 0.0297. The first-order valence-corrected chi connectivity index (χ1v) is 8.50. The van der Waals surface area contributed by atoms with E-state index in [1.807, 2.05) is 0 Å². The van der Waals surface area contributed by atoms with Crippen molar-refractivity contribution in [3.05, 3.63) is 46.8 Å². The number of nitro benzene ring substituents is 1. The molecule has 0 aliphatic carbocycles. The molecule has 0 bridgehead atoms. The molecule has 2 N–H and O–H groups in total. The molecule has 10 heteroatoms. The van der Waals surface area contributed by atoms with E-state index >= 15 is 0 Å². The van der Waals surface area contributed by atoms with Crippen LogP contribution in [0.25, 0.3) is 0 Å². The number of carbonyl (C=O) groups is 1. The third-order valence-electron chi connectivity index (χ3n) is 4.21. The van der Waals surface area contributed by atoms with E-state index < -0.39 is 4.92 Å². The van der Waals surface area contributed by atoms with Gasteiger partial charge < -0.3 is 15.0 Å². The maximum Gasteiger partial charge on any atom is 0.320 e. The van der Waals surface area contributed by atoms with Gasteiger partial charge in [-0.1, -0.05) is 0 Å². The quantitative estimate of drug-likeness (QED) is 0.610. The zero-order valence-corrected chi connectivity index (χ0v) is 14.8. The molecule has 1 aliphatic rings. The molecule has 10 nitrogen and oxygen atoms in total. The van der Waals surface area contributed by atoms with Crippen molar-refractivity contribution in [2.24, 2.45) is 0 Å². The van der Waals surface area contributed by atoms with Crippen molar-refractivity contribution < 1.29 is 14.5 Å². The highest BCUT2D eigenvalue weighted by atomic mass is 16.6. The van der Waals surface area contributed by atoms with Gasteiger partial charge in [0.25, 0.3) is 5.69 Å². The Kier molecular flexibility index (Phi) is 5.77. The van der Waals surface area contributed by atoms with Gasteiger partial charge in [-0.2, -0.15) is 0 Å². The smallest absolute Gasteiger partial charge is 0.320 e. The highest BCUT2D eigenvalue weighted by Gasteiger charge is 2.18. The molecular formula is C17H20N6O4. The monoisotopic (exact) mass is 372 g/mol. The Morgan fingerprint density at radius 2 is 1.96 bits per heavy atom. The predicted molar refractivity (Wildman–Crippen MR) is 97.9 cm³/mol. The molecular weight excluding hydrogens is 352 g/mol. The number of amides is 2. The van der Waals surface area contributed by atoms with Crippen molar-refractivity contribution in [3.63, 3.8) is 0 Å². The number of hydrogen-bond donors (Lipinski definition) is 2. The summed E-state index contributed by atoms with van der Waals surface area (Å²) in [6, 6.07) is 6.91. The van der Waals surface area contributed by atoms with E-state index in [2.05, 4.69) is 32.5 Å². The molecule has 27 heavy (non-hydrogen) atoms. The summed E-state index contributed by atoms with van der Waals surface area (Å²) in [5, 5.41) is 16.3. The van der Waals surface area contributed by atoms with Gasteiger partial charge in [0, 0.05) is 24.2 Å². The molecule has 0 atom stereocenters. The fourth-order valence-electron chi connectivity index (χ4n) is 2.71. The second-order valence-corrected chi connectivity index (χ2v) is 6.27. The summed E-state index contributed by atoms with van der Waals surface area (Å²) in [7, 11) is 2.06. The summed E-state index contributed by atoms with van der Waals surface area (Å²) in [6.07, 6.45) is 3.08. The molecule has 1 aromatic heterocycles. The molecule has 2 amide bonds. The minimum Gasteiger partial charge on any atom is -0.439 e. The zero-order chi connectivity index (χ0) is 19.2. The first-order chi connectivity index (χ1) is 13.0. The van der Waals surface area contributed by atoms with E-state index in [4.69, 9.17) is 4.74 Å². The summed E-state index contributed by atoms with van der Waals surface area (Å²) in [4.78, 5) is 32.5. The highest BCUT2D eigenvalue weighted by Crippen LogP contribution is 2.23. The lowest BCUT2D eigenvalue weighted by molar-refractivity contribution is -0.384. The van der Waals surface area contributed by atoms with Crippen LogP contribution in [-0.2, 0) is 0 Å². The van der Waals surface area contributed by atoms with Gasteiger partial charge in [-0.3, -0.25) is 15.4 Å². The molecule has 0 radical (unpaired) electrons. The maximum absolute atomic E-state index is 12.1. The molecule has 0 unspecified atom stereocenters. The number of anilines is 1. The van der Waals surface area contributed by atoms with E-state index in [1.165, 1.54) is 36.7 Å². The Morgan fingerprint density at radius 1 is 1.26 bits per heavy atom. The van der Waals surface area contributed by atoms with Gasteiger partial charge in [0.2, 0.25) is 5.88 Å². The molecule has 2 heterocycles. The Labute approximate surface area is 155 Å². The van der Waals surface area contributed by atoms with Crippen LogP contribution in [-0.4, -0.2) is 52.0 Å². The standard InChI is InChI=1S/C17H20N6O4/c1-22-8-6-12(7-9-22)20-17(24)21-15-10-16(19-11-18-15)27-14-4-2-13(3-5-14)23(25)26/h2-5,10-12H,6-9H2,1H3,(H2,18,19,20,21,24). The first-order valence-electron chi connectivity index (χ1n) is 8.50. The number of non-ortho nitro benzene ring substituents is 1. The van der Waals surface area contributed by atoms with Crippen LogP contribution in [0.15, 0.2) is 36.7 Å². The Bertz CT molecular complexity index is 805. The fraction of sp³-hybridized carbons (Fsp3) is 0.353. The molecule has 3 rings (SSSR count). The molecule has 1 fully saturated rings. The normalized spacial score (nSPS) is 15.1. The zero-order valence-electron chi connectivity index (χ0n) is 14.8. The Morgan fingerprint density at radius 3 is 2.63 bits per heavy atom. The van der Waals surface area contributed by atoms with Gasteiger partial charge in [0.05, 0.1) is 4.92 Å². The molecule has 2 aromatic rings. The third kappa shape index (κ3) is 5.35. The van der Waals surface area contributed by atoms with Gasteiger partial charge in [-0.05, 0) is 45.1 Å². The Balaban J connectivity index is 1.56. The van der Waals surface area contributed by atoms with Crippen LogP contribution in [0.4, 0.5) is 16.3 Å². The van der Waals surface area contributed by atoms with Crippen molar-refractivity contribution >= 4 is 17.5 Å². The largest absolute Gasteiger partial charge is 0.439 e. The Hall–Kier alpha value is -3.27. The number of piperidine rings is 1. The average molecular weight is 372 g/mol. The van der Waals surface area contributed by atoms with Crippen molar-refractivity contribution in [1.82, 2.24) is 20.2 Å². The van der Waals surface area contributed by atoms with E-state index in [-0.39, 0.29) is 23.6 Å². The highest BCUT2D eigenvalue weighted by molar-refractivity contribution is 5.88. The molecule has 1 saturated heterocycles. The summed E-state index contributed by atoms with van der Waals surface area (Å²) in [5.74, 6) is 0.904. The summed E-state index contributed by atoms with van der Waals surface area (Å²) < 4.78 is 5.55. The number of rotatable bonds is 5. The number of urea groups is 1. The van der Waals surface area contributed by atoms with Crippen LogP contribution >= 0.6 is 0 Å². The molecule has 0 saturated carbocycles. The summed E-state index contributed by atoms with van der Waals surface area (Å²) >= 11 is 0. The lowest BCUT2D eigenvalue weighted by atomic mass is 10.1. The van der Waals surface area contributed by atoms with E-state index in [1.54, 1.807) is 0 Å². The summed E-state index contributed by atoms with van der Waals surface area (Å²) in [6.45, 7) is 1.90. The molecule has 142 valence electrons. The van der Waals surface area contributed by atoms with Crippen LogP contribution < -0.4 is 15.4 Å². The number of aromatic nitrogens is 2. The lowest BCUT2D eigenvalue weighted by Crippen LogP contribution is -2.44. The van der Waals surface area contributed by atoms with E-state index in [9.17, 15) is 14.9 Å². The van der Waals surface area contributed by atoms with Crippen LogP contribution in [0.5, 0.6) is 11.6 Å². The third-order valence-corrected chi connectivity index (χ3v) is 4.21. The topological polar surface area (TPSA) is 123 Å². The lowest BCUT2D eigenvalue weighted by Gasteiger charge is -2.29. The number of benzene rings is 1. The van der Waals surface area contributed by atoms with Crippen molar-refractivity contribution in [1.29, 1.82) is 0 Å². The number of carbonyl (C=O) groups excluding carboxylic acids is 1. The van der Waals surface area contributed by atoms with Crippen LogP contribution in [0.3, 0.4) is 0 Å². The van der Waals surface area contributed by atoms with Crippen LogP contribution in [0.2, 0.25) is 0 Å².